The molecule has 2 heterocycles. The number of ether oxygens (including phenoxy) is 1. The van der Waals surface area contributed by atoms with E-state index in [0.717, 1.165) is 77.3 Å². The van der Waals surface area contributed by atoms with Gasteiger partial charge in [0.05, 0.1) is 6.54 Å². The molecule has 1 aliphatic carbocycles. The lowest BCUT2D eigenvalue weighted by atomic mass is 10.2. The molecule has 1 unspecified atom stereocenters. The quantitative estimate of drug-likeness (QED) is 0.554. The lowest BCUT2D eigenvalue weighted by molar-refractivity contribution is -0.142. The summed E-state index contributed by atoms with van der Waals surface area (Å²) in [6.45, 7) is 8.72. The normalized spacial score (nSPS) is 24.9. The van der Waals surface area contributed by atoms with Crippen LogP contribution in [0.1, 0.15) is 45.4 Å². The zero-order chi connectivity index (χ0) is 19.1. The minimum Gasteiger partial charge on any atom is -0.368 e. The molecule has 0 radical (unpaired) electrons. The molecule has 7 nitrogen and oxygen atoms in total. The number of nitrogens with zero attached hydrogens (tertiary/aromatic N) is 4. The van der Waals surface area contributed by atoms with Crippen LogP contribution in [0.3, 0.4) is 0 Å². The van der Waals surface area contributed by atoms with Gasteiger partial charge in [-0.15, -0.1) is 0 Å². The second kappa shape index (κ2) is 10.3. The van der Waals surface area contributed by atoms with Gasteiger partial charge in [-0.25, -0.2) is 0 Å². The van der Waals surface area contributed by atoms with Crippen molar-refractivity contribution < 1.29 is 9.53 Å². The van der Waals surface area contributed by atoms with Crippen LogP contribution in [0.15, 0.2) is 4.99 Å². The third-order valence-corrected chi connectivity index (χ3v) is 6.09. The van der Waals surface area contributed by atoms with Crippen LogP contribution in [0.4, 0.5) is 0 Å². The maximum absolute atomic E-state index is 12.5. The van der Waals surface area contributed by atoms with Crippen LogP contribution in [-0.2, 0) is 9.53 Å². The molecule has 0 bridgehead atoms. The van der Waals surface area contributed by atoms with Gasteiger partial charge in [-0.2, -0.15) is 0 Å². The van der Waals surface area contributed by atoms with E-state index in [2.05, 4.69) is 29.1 Å². The lowest BCUT2D eigenvalue weighted by Gasteiger charge is -2.37. The fraction of sp³-hybridized carbons (Fsp3) is 0.900. The molecule has 0 aromatic carbocycles. The number of carbonyl (C=O) groups excluding carboxylic acids is 1. The molecule has 2 aliphatic heterocycles. The number of nitrogens with one attached hydrogen (secondary N) is 1. The Balaban J connectivity index is 1.46. The van der Waals surface area contributed by atoms with Crippen molar-refractivity contribution in [2.75, 3.05) is 59.5 Å². The second-order valence-electron chi connectivity index (χ2n) is 7.97. The predicted octanol–water partition coefficient (Wildman–Crippen LogP) is 1.15. The average Bonchev–Trinajstić information content (AvgIpc) is 3.40. The number of aliphatic imine (C=N–C) groups is 1. The molecule has 1 amide bonds. The van der Waals surface area contributed by atoms with Gasteiger partial charge < -0.3 is 24.8 Å². The van der Waals surface area contributed by atoms with Crippen molar-refractivity contribution >= 4 is 11.9 Å². The fourth-order valence-electron chi connectivity index (χ4n) is 4.38. The third kappa shape index (κ3) is 5.57. The maximum Gasteiger partial charge on any atom is 0.251 e. The number of carbonyl (C=O) groups is 1. The average molecular weight is 380 g/mol. The Morgan fingerprint density at radius 3 is 2.44 bits per heavy atom. The van der Waals surface area contributed by atoms with Gasteiger partial charge in [-0.3, -0.25) is 9.79 Å². The van der Waals surface area contributed by atoms with Crippen LogP contribution in [0.25, 0.3) is 0 Å². The van der Waals surface area contributed by atoms with E-state index in [1.54, 1.807) is 0 Å². The van der Waals surface area contributed by atoms with Gasteiger partial charge in [-0.1, -0.05) is 12.8 Å². The van der Waals surface area contributed by atoms with Crippen molar-refractivity contribution in [2.45, 2.75) is 57.6 Å². The molecule has 2 saturated heterocycles. The largest absolute Gasteiger partial charge is 0.368 e. The van der Waals surface area contributed by atoms with E-state index in [4.69, 9.17) is 9.73 Å². The molecular weight excluding hydrogens is 342 g/mol. The predicted molar refractivity (Wildman–Crippen MR) is 108 cm³/mol. The standard InChI is InChI=1S/C20H37N5O2/c1-3-21-20(22-10-11-23(2)17-7-4-5-8-17)25-14-12-24(13-15-25)19(26)18-9-6-16-27-18/h17-18H,3-16H2,1-2H3,(H,21,22). The van der Waals surface area contributed by atoms with Gasteiger partial charge in [0.1, 0.15) is 6.10 Å². The summed E-state index contributed by atoms with van der Waals surface area (Å²) in [5, 5.41) is 3.42. The second-order valence-corrected chi connectivity index (χ2v) is 7.97. The van der Waals surface area contributed by atoms with Crippen molar-refractivity contribution in [3.05, 3.63) is 0 Å². The Kier molecular flexibility index (Phi) is 7.76. The minimum atomic E-state index is -0.204. The van der Waals surface area contributed by atoms with Gasteiger partial charge in [0, 0.05) is 51.9 Å². The lowest BCUT2D eigenvalue weighted by Crippen LogP contribution is -2.55. The zero-order valence-corrected chi connectivity index (χ0v) is 17.2. The maximum atomic E-state index is 12.5. The first-order valence-electron chi connectivity index (χ1n) is 10.8. The number of likely N-dealkylation sites (N-methyl/N-ethyl adjacent to an activating group) is 1. The van der Waals surface area contributed by atoms with Crippen LogP contribution in [-0.4, -0.2) is 98.2 Å². The molecule has 1 saturated carbocycles. The van der Waals surface area contributed by atoms with Gasteiger partial charge in [0.2, 0.25) is 0 Å². The Labute approximate surface area is 164 Å². The summed E-state index contributed by atoms with van der Waals surface area (Å²) >= 11 is 0. The van der Waals surface area contributed by atoms with Gasteiger partial charge >= 0.3 is 0 Å². The highest BCUT2D eigenvalue weighted by atomic mass is 16.5. The molecule has 154 valence electrons. The summed E-state index contributed by atoms with van der Waals surface area (Å²) in [4.78, 5) is 24.1. The molecule has 3 rings (SSSR count). The van der Waals surface area contributed by atoms with E-state index in [1.165, 1.54) is 25.7 Å². The zero-order valence-electron chi connectivity index (χ0n) is 17.2. The topological polar surface area (TPSA) is 60.4 Å². The summed E-state index contributed by atoms with van der Waals surface area (Å²) in [7, 11) is 2.23. The van der Waals surface area contributed by atoms with E-state index in [9.17, 15) is 4.79 Å². The number of piperazine rings is 1. The fourth-order valence-corrected chi connectivity index (χ4v) is 4.38. The molecule has 27 heavy (non-hydrogen) atoms. The van der Waals surface area contributed by atoms with E-state index in [1.807, 2.05) is 4.90 Å². The van der Waals surface area contributed by atoms with Crippen LogP contribution in [0.2, 0.25) is 0 Å². The molecule has 0 aromatic heterocycles. The summed E-state index contributed by atoms with van der Waals surface area (Å²) < 4.78 is 5.55. The molecular formula is C20H37N5O2. The molecule has 0 spiro atoms. The van der Waals surface area contributed by atoms with Crippen molar-refractivity contribution in [1.82, 2.24) is 20.0 Å². The van der Waals surface area contributed by atoms with E-state index in [-0.39, 0.29) is 12.0 Å². The Morgan fingerprint density at radius 1 is 1.11 bits per heavy atom. The Hall–Kier alpha value is -1.34. The van der Waals surface area contributed by atoms with Crippen molar-refractivity contribution in [3.8, 4) is 0 Å². The first-order chi connectivity index (χ1) is 13.2. The molecule has 0 aromatic rings. The highest BCUT2D eigenvalue weighted by molar-refractivity contribution is 5.82. The Morgan fingerprint density at radius 2 is 1.81 bits per heavy atom. The number of hydrogen-bond donors (Lipinski definition) is 1. The molecule has 3 aliphatic rings. The summed E-state index contributed by atoms with van der Waals surface area (Å²) in [5.41, 5.74) is 0. The number of hydrogen-bond acceptors (Lipinski definition) is 4. The molecule has 7 heteroatoms. The third-order valence-electron chi connectivity index (χ3n) is 6.09. The number of rotatable bonds is 6. The summed E-state index contributed by atoms with van der Waals surface area (Å²) in [6, 6.07) is 0.746. The van der Waals surface area contributed by atoms with Crippen LogP contribution in [0, 0.1) is 0 Å². The summed E-state index contributed by atoms with van der Waals surface area (Å²) in [6.07, 6.45) is 7.08. The van der Waals surface area contributed by atoms with Gasteiger partial charge in [-0.05, 0) is 39.7 Å². The molecule has 1 atom stereocenters. The highest BCUT2D eigenvalue weighted by Gasteiger charge is 2.30. The number of amides is 1. The van der Waals surface area contributed by atoms with E-state index < -0.39 is 0 Å². The molecule has 3 fully saturated rings. The van der Waals surface area contributed by atoms with Gasteiger partial charge in [0.25, 0.3) is 5.91 Å². The van der Waals surface area contributed by atoms with Crippen LogP contribution in [0.5, 0.6) is 0 Å². The minimum absolute atomic E-state index is 0.173. The Bertz CT molecular complexity index is 493. The molecule has 1 N–H and O–H groups in total. The first-order valence-corrected chi connectivity index (χ1v) is 10.8. The van der Waals surface area contributed by atoms with Gasteiger partial charge in [0.15, 0.2) is 5.96 Å². The number of guanidine groups is 1. The smallest absolute Gasteiger partial charge is 0.251 e. The van der Waals surface area contributed by atoms with Crippen molar-refractivity contribution in [3.63, 3.8) is 0 Å². The van der Waals surface area contributed by atoms with Crippen molar-refractivity contribution in [1.29, 1.82) is 0 Å². The van der Waals surface area contributed by atoms with E-state index >= 15 is 0 Å². The monoisotopic (exact) mass is 379 g/mol. The summed E-state index contributed by atoms with van der Waals surface area (Å²) in [5.74, 6) is 1.16. The van der Waals surface area contributed by atoms with Crippen LogP contribution < -0.4 is 5.32 Å². The van der Waals surface area contributed by atoms with Crippen LogP contribution >= 0.6 is 0 Å². The van der Waals surface area contributed by atoms with Crippen molar-refractivity contribution in [2.24, 2.45) is 4.99 Å². The SMILES string of the molecule is CCNC(=NCCN(C)C1CCCC1)N1CCN(C(=O)C2CCCO2)CC1. The van der Waals surface area contributed by atoms with E-state index in [0.29, 0.717) is 0 Å². The highest BCUT2D eigenvalue weighted by Crippen LogP contribution is 2.22. The first kappa shape index (κ1) is 20.4.